The van der Waals surface area contributed by atoms with Crippen molar-refractivity contribution in [2.75, 3.05) is 5.32 Å². The topological polar surface area (TPSA) is 75.6 Å². The van der Waals surface area contributed by atoms with Crippen LogP contribution in [0.4, 0.5) is 10.5 Å². The Hall–Kier alpha value is -2.24. The van der Waals surface area contributed by atoms with E-state index in [4.69, 9.17) is 33.0 Å². The Morgan fingerprint density at radius 3 is 2.45 bits per heavy atom. The van der Waals surface area contributed by atoms with Crippen molar-refractivity contribution in [1.82, 2.24) is 0 Å². The number of ether oxygens (including phenoxy) is 1. The summed E-state index contributed by atoms with van der Waals surface area (Å²) in [5.41, 5.74) is 0.804. The molecule has 114 valence electrons. The van der Waals surface area contributed by atoms with Gasteiger partial charge in [-0.2, -0.15) is 0 Å². The number of halogens is 2. The number of rotatable bonds is 4. The third kappa shape index (κ3) is 4.13. The second kappa shape index (κ2) is 7.15. The Balaban J connectivity index is 2.06. The molecular weight excluding hydrogens is 329 g/mol. The van der Waals surface area contributed by atoms with E-state index in [0.717, 1.165) is 5.56 Å². The number of hydrogen-bond donors (Lipinski definition) is 2. The van der Waals surface area contributed by atoms with Crippen molar-refractivity contribution in [2.24, 2.45) is 0 Å². The van der Waals surface area contributed by atoms with E-state index in [1.807, 2.05) is 30.3 Å². The maximum absolute atomic E-state index is 11.7. The standard InChI is InChI=1S/C15H11Cl2NO4/c16-11-6-10(14(19)20)7-12(13(11)17)18-15(21)22-8-9-4-2-1-3-5-9/h1-7H,8H2,(H,18,21)(H,19,20). The molecule has 2 rings (SSSR count). The molecule has 0 aromatic heterocycles. The fourth-order valence-electron chi connectivity index (χ4n) is 1.67. The van der Waals surface area contributed by atoms with Gasteiger partial charge in [-0.25, -0.2) is 9.59 Å². The Kier molecular flexibility index (Phi) is 5.25. The van der Waals surface area contributed by atoms with Crippen LogP contribution in [0.1, 0.15) is 15.9 Å². The minimum atomic E-state index is -1.18. The number of aromatic carboxylic acids is 1. The number of amides is 1. The molecule has 0 heterocycles. The number of benzene rings is 2. The highest BCUT2D eigenvalue weighted by Gasteiger charge is 2.14. The van der Waals surface area contributed by atoms with Crippen LogP contribution < -0.4 is 5.32 Å². The first-order valence-corrected chi connectivity index (χ1v) is 6.93. The van der Waals surface area contributed by atoms with Gasteiger partial charge in [0.15, 0.2) is 0 Å². The summed E-state index contributed by atoms with van der Waals surface area (Å²) in [7, 11) is 0. The average molecular weight is 340 g/mol. The van der Waals surface area contributed by atoms with E-state index >= 15 is 0 Å². The summed E-state index contributed by atoms with van der Waals surface area (Å²) in [6, 6.07) is 11.5. The zero-order chi connectivity index (χ0) is 16.1. The van der Waals surface area contributed by atoms with Gasteiger partial charge in [-0.15, -0.1) is 0 Å². The van der Waals surface area contributed by atoms with E-state index in [1.165, 1.54) is 12.1 Å². The zero-order valence-electron chi connectivity index (χ0n) is 11.2. The molecule has 0 unspecified atom stereocenters. The van der Waals surface area contributed by atoms with Crippen molar-refractivity contribution in [3.63, 3.8) is 0 Å². The molecule has 0 spiro atoms. The summed E-state index contributed by atoms with van der Waals surface area (Å²) in [5.74, 6) is -1.18. The number of carboxylic acids is 1. The quantitative estimate of drug-likeness (QED) is 0.863. The van der Waals surface area contributed by atoms with Gasteiger partial charge < -0.3 is 9.84 Å². The maximum atomic E-state index is 11.7. The summed E-state index contributed by atoms with van der Waals surface area (Å²) in [6.45, 7) is 0.0800. The lowest BCUT2D eigenvalue weighted by atomic mass is 10.2. The van der Waals surface area contributed by atoms with Crippen LogP contribution in [0, 0.1) is 0 Å². The number of carbonyl (C=O) groups excluding carboxylic acids is 1. The number of nitrogens with one attached hydrogen (secondary N) is 1. The summed E-state index contributed by atoms with van der Waals surface area (Å²) in [4.78, 5) is 22.7. The molecule has 7 heteroatoms. The number of carbonyl (C=O) groups is 2. The predicted octanol–water partition coefficient (Wildman–Crippen LogP) is 4.44. The number of anilines is 1. The van der Waals surface area contributed by atoms with Crippen LogP contribution in [0.3, 0.4) is 0 Å². The van der Waals surface area contributed by atoms with E-state index in [1.54, 1.807) is 0 Å². The van der Waals surface area contributed by atoms with Gasteiger partial charge in [0.05, 0.1) is 21.3 Å². The molecule has 0 saturated heterocycles. The maximum Gasteiger partial charge on any atom is 0.412 e. The summed E-state index contributed by atoms with van der Waals surface area (Å²) in [6.07, 6.45) is -0.760. The van der Waals surface area contributed by atoms with Crippen molar-refractivity contribution in [3.05, 3.63) is 63.6 Å². The molecule has 0 aliphatic carbocycles. The fourth-order valence-corrected chi connectivity index (χ4v) is 2.05. The van der Waals surface area contributed by atoms with Crippen molar-refractivity contribution in [1.29, 1.82) is 0 Å². The lowest BCUT2D eigenvalue weighted by Gasteiger charge is -2.10. The average Bonchev–Trinajstić information content (AvgIpc) is 2.50. The molecule has 0 fully saturated rings. The van der Waals surface area contributed by atoms with Gasteiger partial charge in [0.25, 0.3) is 0 Å². The van der Waals surface area contributed by atoms with Crippen molar-refractivity contribution in [2.45, 2.75) is 6.61 Å². The molecule has 2 N–H and O–H groups in total. The highest BCUT2D eigenvalue weighted by Crippen LogP contribution is 2.31. The number of carboxylic acid groups (broad SMARTS) is 1. The largest absolute Gasteiger partial charge is 0.478 e. The lowest BCUT2D eigenvalue weighted by molar-refractivity contribution is 0.0696. The Morgan fingerprint density at radius 2 is 1.82 bits per heavy atom. The first-order valence-electron chi connectivity index (χ1n) is 6.17. The van der Waals surface area contributed by atoms with Gasteiger partial charge in [-0.05, 0) is 17.7 Å². The molecule has 0 saturated carbocycles. The molecule has 0 bridgehead atoms. The SMILES string of the molecule is O=C(Nc1cc(C(=O)O)cc(Cl)c1Cl)OCc1ccccc1. The first-order chi connectivity index (χ1) is 10.5. The van der Waals surface area contributed by atoms with E-state index in [-0.39, 0.29) is 27.9 Å². The van der Waals surface area contributed by atoms with Crippen LogP contribution in [-0.4, -0.2) is 17.2 Å². The van der Waals surface area contributed by atoms with Crippen LogP contribution >= 0.6 is 23.2 Å². The van der Waals surface area contributed by atoms with Crippen molar-refractivity contribution >= 4 is 41.0 Å². The summed E-state index contributed by atoms with van der Waals surface area (Å²) < 4.78 is 5.03. The fraction of sp³-hybridized carbons (Fsp3) is 0.0667. The van der Waals surface area contributed by atoms with E-state index in [2.05, 4.69) is 5.32 Å². The minimum Gasteiger partial charge on any atom is -0.478 e. The van der Waals surface area contributed by atoms with E-state index < -0.39 is 12.1 Å². The van der Waals surface area contributed by atoms with Gasteiger partial charge in [0, 0.05) is 0 Å². The van der Waals surface area contributed by atoms with Crippen LogP contribution in [0.5, 0.6) is 0 Å². The highest BCUT2D eigenvalue weighted by atomic mass is 35.5. The van der Waals surface area contributed by atoms with Gasteiger partial charge in [-0.1, -0.05) is 53.5 Å². The van der Waals surface area contributed by atoms with Crippen molar-refractivity contribution < 1.29 is 19.4 Å². The second-order valence-corrected chi connectivity index (χ2v) is 5.10. The third-order valence-electron chi connectivity index (χ3n) is 2.72. The highest BCUT2D eigenvalue weighted by molar-refractivity contribution is 6.44. The first kappa shape index (κ1) is 16.1. The Morgan fingerprint density at radius 1 is 1.14 bits per heavy atom. The molecule has 0 aliphatic rings. The van der Waals surface area contributed by atoms with Gasteiger partial charge in [0.1, 0.15) is 6.61 Å². The molecule has 2 aromatic carbocycles. The molecule has 0 radical (unpaired) electrons. The monoisotopic (exact) mass is 339 g/mol. The lowest BCUT2D eigenvalue weighted by Crippen LogP contribution is -2.14. The van der Waals surface area contributed by atoms with Gasteiger partial charge in [-0.3, -0.25) is 5.32 Å². The number of hydrogen-bond acceptors (Lipinski definition) is 3. The molecule has 0 aliphatic heterocycles. The van der Waals surface area contributed by atoms with Crippen LogP contribution in [0.2, 0.25) is 10.0 Å². The van der Waals surface area contributed by atoms with Gasteiger partial charge >= 0.3 is 12.1 Å². The molecule has 22 heavy (non-hydrogen) atoms. The van der Waals surface area contributed by atoms with E-state index in [0.29, 0.717) is 0 Å². The predicted molar refractivity (Wildman–Crippen MR) is 83.7 cm³/mol. The van der Waals surface area contributed by atoms with Crippen LogP contribution in [0.25, 0.3) is 0 Å². The summed E-state index contributed by atoms with van der Waals surface area (Å²) >= 11 is 11.8. The molecule has 2 aromatic rings. The van der Waals surface area contributed by atoms with Crippen LogP contribution in [-0.2, 0) is 11.3 Å². The normalized spacial score (nSPS) is 10.1. The van der Waals surface area contributed by atoms with Crippen molar-refractivity contribution in [3.8, 4) is 0 Å². The Bertz CT molecular complexity index is 704. The molecule has 5 nitrogen and oxygen atoms in total. The van der Waals surface area contributed by atoms with E-state index in [9.17, 15) is 9.59 Å². The summed E-state index contributed by atoms with van der Waals surface area (Å²) in [5, 5.41) is 11.4. The second-order valence-electron chi connectivity index (χ2n) is 4.31. The van der Waals surface area contributed by atoms with Gasteiger partial charge in [0.2, 0.25) is 0 Å². The Labute approximate surface area is 136 Å². The minimum absolute atomic E-state index is 0.0277. The molecular formula is C15H11Cl2NO4. The molecule has 1 amide bonds. The van der Waals surface area contributed by atoms with Crippen LogP contribution in [0.15, 0.2) is 42.5 Å². The smallest absolute Gasteiger partial charge is 0.412 e. The third-order valence-corrected chi connectivity index (χ3v) is 3.53. The zero-order valence-corrected chi connectivity index (χ0v) is 12.7. The molecule has 0 atom stereocenters.